The Hall–Kier alpha value is -1.75. The predicted octanol–water partition coefficient (Wildman–Crippen LogP) is -1.37. The third kappa shape index (κ3) is 1.33. The zero-order valence-electron chi connectivity index (χ0n) is 16.9. The van der Waals surface area contributed by atoms with E-state index in [1.165, 1.54) is 6.92 Å². The highest BCUT2D eigenvalue weighted by Crippen LogP contribution is 2.84. The van der Waals surface area contributed by atoms with Crippen LogP contribution in [0.5, 0.6) is 0 Å². The summed E-state index contributed by atoms with van der Waals surface area (Å²) in [5, 5.41) is 34.7. The molecule has 10 heteroatoms. The van der Waals surface area contributed by atoms with Crippen LogP contribution >= 0.6 is 0 Å². The van der Waals surface area contributed by atoms with Crippen LogP contribution in [0.1, 0.15) is 34.1 Å². The summed E-state index contributed by atoms with van der Waals surface area (Å²) in [6, 6.07) is 0. The van der Waals surface area contributed by atoms with Gasteiger partial charge in [0.25, 0.3) is 0 Å². The first-order chi connectivity index (χ1) is 13.8. The maximum absolute atomic E-state index is 13.4. The van der Waals surface area contributed by atoms with Crippen LogP contribution in [0.2, 0.25) is 0 Å². The first-order valence-corrected chi connectivity index (χ1v) is 10.2. The molecule has 0 aromatic heterocycles. The number of esters is 3. The summed E-state index contributed by atoms with van der Waals surface area (Å²) in [5.74, 6) is -4.32. The lowest BCUT2D eigenvalue weighted by Gasteiger charge is -2.47. The van der Waals surface area contributed by atoms with E-state index in [2.05, 4.69) is 0 Å². The van der Waals surface area contributed by atoms with Gasteiger partial charge in [0.1, 0.15) is 12.2 Å². The zero-order chi connectivity index (χ0) is 21.8. The highest BCUT2D eigenvalue weighted by molar-refractivity contribution is 5.94. The minimum absolute atomic E-state index is 0.229. The van der Waals surface area contributed by atoms with Crippen LogP contribution in [-0.2, 0) is 33.3 Å². The maximum atomic E-state index is 13.4. The second kappa shape index (κ2) is 4.69. The van der Waals surface area contributed by atoms with Gasteiger partial charge in [-0.05, 0) is 24.7 Å². The second-order valence-corrected chi connectivity index (χ2v) is 10.7. The van der Waals surface area contributed by atoms with Crippen LogP contribution in [0.4, 0.5) is 0 Å². The molecule has 4 heterocycles. The van der Waals surface area contributed by atoms with Crippen molar-refractivity contribution in [2.45, 2.75) is 76.0 Å². The number of aliphatic hydroxyl groups is 3. The Labute approximate surface area is 171 Å². The lowest BCUT2D eigenvalue weighted by Crippen LogP contribution is -2.67. The van der Waals surface area contributed by atoms with Crippen molar-refractivity contribution in [1.29, 1.82) is 0 Å². The molecule has 0 unspecified atom stereocenters. The average Bonchev–Trinajstić information content (AvgIpc) is 3.35. The fraction of sp³-hybridized carbons (Fsp3) is 0.850. The number of hydrogen-bond acceptors (Lipinski definition) is 10. The van der Waals surface area contributed by atoms with Crippen molar-refractivity contribution in [3.8, 4) is 0 Å². The molecule has 164 valence electrons. The quantitative estimate of drug-likeness (QED) is 0.314. The minimum atomic E-state index is -2.24. The van der Waals surface area contributed by atoms with Crippen molar-refractivity contribution in [2.24, 2.45) is 28.1 Å². The summed E-state index contributed by atoms with van der Waals surface area (Å²) in [7, 11) is 0. The van der Waals surface area contributed by atoms with Crippen molar-refractivity contribution in [1.82, 2.24) is 0 Å². The van der Waals surface area contributed by atoms with Gasteiger partial charge in [-0.3, -0.25) is 4.79 Å². The molecule has 0 bridgehead atoms. The van der Waals surface area contributed by atoms with Crippen LogP contribution in [-0.4, -0.2) is 75.1 Å². The van der Waals surface area contributed by atoms with E-state index in [1.54, 1.807) is 0 Å². The molecule has 0 amide bonds. The van der Waals surface area contributed by atoms with E-state index in [9.17, 15) is 29.7 Å². The van der Waals surface area contributed by atoms with Gasteiger partial charge in [0, 0.05) is 0 Å². The third-order valence-electron chi connectivity index (χ3n) is 9.00. The van der Waals surface area contributed by atoms with E-state index in [1.807, 2.05) is 20.8 Å². The minimum Gasteiger partial charge on any atom is -0.459 e. The molecule has 4 saturated heterocycles. The van der Waals surface area contributed by atoms with Crippen molar-refractivity contribution < 1.29 is 48.7 Å². The topological polar surface area (TPSA) is 149 Å². The summed E-state index contributed by atoms with van der Waals surface area (Å²) in [6.45, 7) is 7.14. The number of ether oxygens (including phenoxy) is 4. The van der Waals surface area contributed by atoms with E-state index >= 15 is 0 Å². The Kier molecular flexibility index (Phi) is 2.97. The van der Waals surface area contributed by atoms with Crippen molar-refractivity contribution >= 4 is 17.9 Å². The van der Waals surface area contributed by atoms with Gasteiger partial charge in [0.15, 0.2) is 17.8 Å². The molecule has 2 spiro atoms. The first kappa shape index (κ1) is 19.0. The zero-order valence-corrected chi connectivity index (χ0v) is 16.9. The third-order valence-corrected chi connectivity index (χ3v) is 9.00. The fourth-order valence-electron chi connectivity index (χ4n) is 8.12. The molecule has 4 aliphatic heterocycles. The number of carbonyl (C=O) groups excluding carboxylic acids is 3. The van der Waals surface area contributed by atoms with Crippen LogP contribution in [0.25, 0.3) is 0 Å². The van der Waals surface area contributed by atoms with Gasteiger partial charge < -0.3 is 34.3 Å². The summed E-state index contributed by atoms with van der Waals surface area (Å²) in [6.07, 6.45) is -6.91. The van der Waals surface area contributed by atoms with Crippen molar-refractivity contribution in [2.75, 3.05) is 0 Å². The van der Waals surface area contributed by atoms with E-state index < -0.39 is 87.9 Å². The summed E-state index contributed by atoms with van der Waals surface area (Å²) in [5.41, 5.74) is -8.26. The van der Waals surface area contributed by atoms with Crippen LogP contribution in [0.15, 0.2) is 0 Å². The number of fused-ring (bicyclic) bond motifs is 1. The molecule has 0 radical (unpaired) electrons. The SMILES string of the molecule is C[C@@H]1C(=O)O[C@H]2[C@H](O)[C@]34[C@@H]5C[C@@H](C(C)(C)C)[C@]36[C@@H](OC(=O)[C@@H]6O)O[C@]4(C(=O)O5)[C@@]12O. The van der Waals surface area contributed by atoms with Gasteiger partial charge in [-0.1, -0.05) is 20.8 Å². The summed E-state index contributed by atoms with van der Waals surface area (Å²) < 4.78 is 22.5. The lowest BCUT2D eigenvalue weighted by atomic mass is 9.51. The molecular weight excluding hydrogens is 400 g/mol. The summed E-state index contributed by atoms with van der Waals surface area (Å²) >= 11 is 0. The van der Waals surface area contributed by atoms with Crippen LogP contribution in [0.3, 0.4) is 0 Å². The van der Waals surface area contributed by atoms with Crippen molar-refractivity contribution in [3.05, 3.63) is 0 Å². The number of carbonyl (C=O) groups is 3. The Balaban J connectivity index is 1.72. The van der Waals surface area contributed by atoms with Gasteiger partial charge in [-0.25, -0.2) is 9.59 Å². The van der Waals surface area contributed by atoms with Gasteiger partial charge in [-0.2, -0.15) is 0 Å². The van der Waals surface area contributed by atoms with Gasteiger partial charge in [-0.15, -0.1) is 0 Å². The molecule has 0 aromatic rings. The maximum Gasteiger partial charge on any atom is 0.343 e. The smallest absolute Gasteiger partial charge is 0.343 e. The number of rotatable bonds is 0. The highest BCUT2D eigenvalue weighted by Gasteiger charge is 3.03. The molecule has 2 saturated carbocycles. The molecule has 11 atom stereocenters. The Morgan fingerprint density at radius 1 is 1.03 bits per heavy atom. The van der Waals surface area contributed by atoms with E-state index in [4.69, 9.17) is 18.9 Å². The predicted molar refractivity (Wildman–Crippen MR) is 92.0 cm³/mol. The van der Waals surface area contributed by atoms with E-state index in [-0.39, 0.29) is 6.42 Å². The standard InChI is InChI=1S/C20H24O10/c1-6-12(23)28-11-9(21)18-8-5-7(16(2,3)4)17(18)10(22)13(24)29-15(17)30-20(18,14(25)27-8)19(6,11)26/h6-11,15,21-22,26H,5H2,1-4H3/t6-,7+,8+,9+,10+,11+,15+,17+,18-,19-,20+/m1/s1. The number of aliphatic hydroxyl groups excluding tert-OH is 2. The fourth-order valence-corrected chi connectivity index (χ4v) is 8.12. The summed E-state index contributed by atoms with van der Waals surface area (Å²) in [4.78, 5) is 38.2. The Morgan fingerprint density at radius 3 is 2.33 bits per heavy atom. The van der Waals surface area contributed by atoms with E-state index in [0.29, 0.717) is 0 Å². The molecule has 0 aromatic carbocycles. The monoisotopic (exact) mass is 424 g/mol. The van der Waals surface area contributed by atoms with Gasteiger partial charge in [0.05, 0.1) is 16.7 Å². The molecule has 6 aliphatic rings. The Bertz CT molecular complexity index is 925. The van der Waals surface area contributed by atoms with Crippen LogP contribution in [0, 0.1) is 28.1 Å². The largest absolute Gasteiger partial charge is 0.459 e. The van der Waals surface area contributed by atoms with E-state index in [0.717, 1.165) is 0 Å². The normalized spacial score (nSPS) is 60.1. The molecular formula is C20H24O10. The highest BCUT2D eigenvalue weighted by atomic mass is 16.8. The average molecular weight is 424 g/mol. The molecule has 6 fully saturated rings. The molecule has 30 heavy (non-hydrogen) atoms. The number of hydrogen-bond donors (Lipinski definition) is 3. The first-order valence-electron chi connectivity index (χ1n) is 10.2. The molecule has 6 rings (SSSR count). The van der Waals surface area contributed by atoms with Gasteiger partial charge >= 0.3 is 17.9 Å². The molecule has 10 nitrogen and oxygen atoms in total. The van der Waals surface area contributed by atoms with Gasteiger partial charge in [0.2, 0.25) is 11.9 Å². The molecule has 3 N–H and O–H groups in total. The Morgan fingerprint density at radius 2 is 1.70 bits per heavy atom. The second-order valence-electron chi connectivity index (χ2n) is 10.7. The lowest BCUT2D eigenvalue weighted by molar-refractivity contribution is -0.239. The van der Waals surface area contributed by atoms with Crippen LogP contribution < -0.4 is 0 Å². The van der Waals surface area contributed by atoms with Crippen molar-refractivity contribution in [3.63, 3.8) is 0 Å². The molecule has 2 aliphatic carbocycles.